The number of fused-ring (bicyclic) bond motifs is 3. The second-order valence-corrected chi connectivity index (χ2v) is 3.52. The normalized spacial score (nSPS) is 11.2. The SMILES string of the molecule is Oc1cccc2c1[nH]c1c(O)cccc12. The van der Waals surface area contributed by atoms with Crippen molar-refractivity contribution in [2.75, 3.05) is 0 Å². The fraction of sp³-hybridized carbons (Fsp3) is 0. The summed E-state index contributed by atoms with van der Waals surface area (Å²) in [7, 11) is 0. The van der Waals surface area contributed by atoms with Crippen LogP contribution in [-0.2, 0) is 0 Å². The number of phenols is 2. The molecule has 3 heteroatoms. The highest BCUT2D eigenvalue weighted by molar-refractivity contribution is 6.10. The number of hydrogen-bond acceptors (Lipinski definition) is 2. The molecule has 0 amide bonds. The average Bonchev–Trinajstić information content (AvgIpc) is 2.60. The van der Waals surface area contributed by atoms with Crippen LogP contribution < -0.4 is 0 Å². The molecule has 2 aromatic carbocycles. The predicted molar refractivity (Wildman–Crippen MR) is 59.1 cm³/mol. The summed E-state index contributed by atoms with van der Waals surface area (Å²) < 4.78 is 0. The lowest BCUT2D eigenvalue weighted by atomic mass is 10.1. The minimum absolute atomic E-state index is 0.197. The number of phenolic OH excluding ortho intramolecular Hbond substituents is 2. The number of para-hydroxylation sites is 2. The van der Waals surface area contributed by atoms with Gasteiger partial charge >= 0.3 is 0 Å². The third kappa shape index (κ3) is 1.00. The van der Waals surface area contributed by atoms with E-state index in [0.717, 1.165) is 10.8 Å². The van der Waals surface area contributed by atoms with Crippen LogP contribution >= 0.6 is 0 Å². The van der Waals surface area contributed by atoms with E-state index in [9.17, 15) is 10.2 Å². The Kier molecular flexibility index (Phi) is 1.45. The van der Waals surface area contributed by atoms with Crippen molar-refractivity contribution in [2.45, 2.75) is 0 Å². The summed E-state index contributed by atoms with van der Waals surface area (Å²) >= 11 is 0. The quantitative estimate of drug-likeness (QED) is 0.521. The molecule has 0 fully saturated rings. The van der Waals surface area contributed by atoms with Crippen molar-refractivity contribution in [3.05, 3.63) is 36.4 Å². The molecule has 0 atom stereocenters. The lowest BCUT2D eigenvalue weighted by Crippen LogP contribution is -1.68. The first kappa shape index (κ1) is 8.17. The number of aromatic hydroxyl groups is 2. The Hall–Kier alpha value is -2.16. The average molecular weight is 199 g/mol. The van der Waals surface area contributed by atoms with E-state index in [0.29, 0.717) is 11.0 Å². The molecule has 74 valence electrons. The van der Waals surface area contributed by atoms with Crippen LogP contribution in [0.2, 0.25) is 0 Å². The molecular formula is C12H9NO2. The van der Waals surface area contributed by atoms with Crippen LogP contribution in [0, 0.1) is 0 Å². The van der Waals surface area contributed by atoms with Crippen LogP contribution in [0.5, 0.6) is 11.5 Å². The molecule has 0 aliphatic carbocycles. The van der Waals surface area contributed by atoms with E-state index in [-0.39, 0.29) is 11.5 Å². The Bertz CT molecular complexity index is 599. The monoisotopic (exact) mass is 199 g/mol. The van der Waals surface area contributed by atoms with Gasteiger partial charge in [-0.25, -0.2) is 0 Å². The molecule has 0 saturated heterocycles. The Morgan fingerprint density at radius 3 is 1.67 bits per heavy atom. The third-order valence-corrected chi connectivity index (χ3v) is 2.63. The molecular weight excluding hydrogens is 190 g/mol. The highest BCUT2D eigenvalue weighted by atomic mass is 16.3. The van der Waals surface area contributed by atoms with E-state index in [2.05, 4.69) is 4.98 Å². The number of rotatable bonds is 0. The van der Waals surface area contributed by atoms with Crippen molar-refractivity contribution in [3.8, 4) is 11.5 Å². The highest BCUT2D eigenvalue weighted by Crippen LogP contribution is 2.34. The topological polar surface area (TPSA) is 56.2 Å². The molecule has 3 nitrogen and oxygen atoms in total. The molecule has 3 aromatic rings. The summed E-state index contributed by atoms with van der Waals surface area (Å²) in [6.45, 7) is 0. The Labute approximate surface area is 85.6 Å². The molecule has 15 heavy (non-hydrogen) atoms. The summed E-state index contributed by atoms with van der Waals surface area (Å²) in [6.07, 6.45) is 0. The number of hydrogen-bond donors (Lipinski definition) is 3. The van der Waals surface area contributed by atoms with Crippen LogP contribution in [0.15, 0.2) is 36.4 Å². The van der Waals surface area contributed by atoms with Gasteiger partial charge in [-0.05, 0) is 12.1 Å². The smallest absolute Gasteiger partial charge is 0.139 e. The molecule has 1 aromatic heterocycles. The van der Waals surface area contributed by atoms with Crippen molar-refractivity contribution in [1.29, 1.82) is 0 Å². The molecule has 0 bridgehead atoms. The zero-order valence-electron chi connectivity index (χ0n) is 7.86. The summed E-state index contributed by atoms with van der Waals surface area (Å²) in [5.74, 6) is 0.395. The van der Waals surface area contributed by atoms with Gasteiger partial charge in [-0.3, -0.25) is 0 Å². The van der Waals surface area contributed by atoms with Gasteiger partial charge < -0.3 is 15.2 Å². The van der Waals surface area contributed by atoms with E-state index in [1.807, 2.05) is 12.1 Å². The molecule has 3 N–H and O–H groups in total. The van der Waals surface area contributed by atoms with Crippen LogP contribution in [0.4, 0.5) is 0 Å². The van der Waals surface area contributed by atoms with Gasteiger partial charge in [0.25, 0.3) is 0 Å². The standard InChI is InChI=1S/C12H9NO2/c14-9-5-1-3-7-8-4-2-6-10(15)12(8)13-11(7)9/h1-6,13-15H. The lowest BCUT2D eigenvalue weighted by molar-refractivity contribution is 0.479. The first-order valence-corrected chi connectivity index (χ1v) is 4.69. The maximum atomic E-state index is 9.65. The van der Waals surface area contributed by atoms with Gasteiger partial charge in [-0.1, -0.05) is 24.3 Å². The molecule has 1 heterocycles. The van der Waals surface area contributed by atoms with E-state index in [1.165, 1.54) is 0 Å². The predicted octanol–water partition coefficient (Wildman–Crippen LogP) is 2.73. The van der Waals surface area contributed by atoms with Gasteiger partial charge in [0.15, 0.2) is 0 Å². The van der Waals surface area contributed by atoms with Gasteiger partial charge in [-0.2, -0.15) is 0 Å². The summed E-state index contributed by atoms with van der Waals surface area (Å²) in [5, 5.41) is 21.1. The van der Waals surface area contributed by atoms with E-state index < -0.39 is 0 Å². The van der Waals surface area contributed by atoms with Gasteiger partial charge in [0.05, 0.1) is 11.0 Å². The first-order chi connectivity index (χ1) is 7.27. The fourth-order valence-electron chi connectivity index (χ4n) is 1.92. The summed E-state index contributed by atoms with van der Waals surface area (Å²) in [5.41, 5.74) is 1.32. The van der Waals surface area contributed by atoms with E-state index >= 15 is 0 Å². The zero-order chi connectivity index (χ0) is 10.4. The van der Waals surface area contributed by atoms with Gasteiger partial charge in [0.1, 0.15) is 11.5 Å². The molecule has 0 aliphatic heterocycles. The van der Waals surface area contributed by atoms with Crippen LogP contribution in [0.3, 0.4) is 0 Å². The summed E-state index contributed by atoms with van der Waals surface area (Å²) in [4.78, 5) is 3.01. The molecule has 0 saturated carbocycles. The Morgan fingerprint density at radius 2 is 1.20 bits per heavy atom. The Morgan fingerprint density at radius 1 is 0.733 bits per heavy atom. The fourth-order valence-corrected chi connectivity index (χ4v) is 1.92. The molecule has 0 unspecified atom stereocenters. The third-order valence-electron chi connectivity index (χ3n) is 2.63. The van der Waals surface area contributed by atoms with Crippen molar-refractivity contribution < 1.29 is 10.2 Å². The molecule has 0 spiro atoms. The van der Waals surface area contributed by atoms with Gasteiger partial charge in [-0.15, -0.1) is 0 Å². The second-order valence-electron chi connectivity index (χ2n) is 3.52. The van der Waals surface area contributed by atoms with E-state index in [1.54, 1.807) is 24.3 Å². The number of nitrogens with one attached hydrogen (secondary N) is 1. The first-order valence-electron chi connectivity index (χ1n) is 4.69. The summed E-state index contributed by atoms with van der Waals surface area (Å²) in [6, 6.07) is 10.6. The van der Waals surface area contributed by atoms with Crippen molar-refractivity contribution in [2.24, 2.45) is 0 Å². The zero-order valence-corrected chi connectivity index (χ0v) is 7.86. The maximum absolute atomic E-state index is 9.65. The Balaban J connectivity index is 2.63. The number of H-pyrrole nitrogens is 1. The maximum Gasteiger partial charge on any atom is 0.139 e. The number of aromatic amines is 1. The molecule has 0 radical (unpaired) electrons. The van der Waals surface area contributed by atoms with Crippen LogP contribution in [-0.4, -0.2) is 15.2 Å². The second kappa shape index (κ2) is 2.67. The van der Waals surface area contributed by atoms with Crippen molar-refractivity contribution in [3.63, 3.8) is 0 Å². The van der Waals surface area contributed by atoms with Gasteiger partial charge in [0, 0.05) is 10.8 Å². The van der Waals surface area contributed by atoms with Gasteiger partial charge in [0.2, 0.25) is 0 Å². The van der Waals surface area contributed by atoms with Crippen LogP contribution in [0.1, 0.15) is 0 Å². The van der Waals surface area contributed by atoms with E-state index in [4.69, 9.17) is 0 Å². The number of benzene rings is 2. The minimum atomic E-state index is 0.197. The molecule has 3 rings (SSSR count). The minimum Gasteiger partial charge on any atom is -0.506 e. The van der Waals surface area contributed by atoms with Crippen LogP contribution in [0.25, 0.3) is 21.8 Å². The lowest BCUT2D eigenvalue weighted by Gasteiger charge is -1.93. The number of aromatic nitrogens is 1. The van der Waals surface area contributed by atoms with Crippen molar-refractivity contribution >= 4 is 21.8 Å². The molecule has 0 aliphatic rings. The highest BCUT2D eigenvalue weighted by Gasteiger charge is 2.08. The largest absolute Gasteiger partial charge is 0.506 e. The van der Waals surface area contributed by atoms with Crippen molar-refractivity contribution in [1.82, 2.24) is 4.98 Å².